The van der Waals surface area contributed by atoms with Crippen molar-refractivity contribution >= 4 is 21.8 Å². The lowest BCUT2D eigenvalue weighted by Crippen LogP contribution is -2.16. The Morgan fingerprint density at radius 2 is 2.03 bits per heavy atom. The van der Waals surface area contributed by atoms with Gasteiger partial charge in [-0.1, -0.05) is 11.2 Å². The van der Waals surface area contributed by atoms with Crippen LogP contribution in [-0.2, 0) is 14.8 Å². The lowest BCUT2D eigenvalue weighted by atomic mass is 10.1. The summed E-state index contributed by atoms with van der Waals surface area (Å²) in [4.78, 5) is 15.7. The summed E-state index contributed by atoms with van der Waals surface area (Å²) in [5.41, 5.74) is 1.05. The SMILES string of the molecule is CCOC(=O)c1cc(-c2ccc(OC)c(S(=O)(=O)Nc3ncccc3C)c2)on1. The van der Waals surface area contributed by atoms with Gasteiger partial charge in [-0.05, 0) is 43.7 Å². The number of carbonyl (C=O) groups excluding carboxylic acids is 1. The second-order valence-electron chi connectivity index (χ2n) is 5.94. The number of nitrogens with zero attached hydrogens (tertiary/aromatic N) is 2. The lowest BCUT2D eigenvalue weighted by Gasteiger charge is -2.13. The summed E-state index contributed by atoms with van der Waals surface area (Å²) in [6, 6.07) is 9.28. The fourth-order valence-corrected chi connectivity index (χ4v) is 3.80. The number of esters is 1. The second-order valence-corrected chi connectivity index (χ2v) is 7.59. The molecule has 0 bridgehead atoms. The van der Waals surface area contributed by atoms with Crippen molar-refractivity contribution < 1.29 is 27.2 Å². The number of sulfonamides is 1. The molecule has 1 N–H and O–H groups in total. The molecule has 10 heteroatoms. The van der Waals surface area contributed by atoms with Gasteiger partial charge >= 0.3 is 5.97 Å². The van der Waals surface area contributed by atoms with Crippen molar-refractivity contribution in [2.24, 2.45) is 0 Å². The normalized spacial score (nSPS) is 11.1. The van der Waals surface area contributed by atoms with Crippen LogP contribution in [0.15, 0.2) is 52.0 Å². The number of aryl methyl sites for hydroxylation is 1. The van der Waals surface area contributed by atoms with Gasteiger partial charge in [-0.2, -0.15) is 0 Å². The van der Waals surface area contributed by atoms with E-state index in [-0.39, 0.29) is 34.5 Å². The summed E-state index contributed by atoms with van der Waals surface area (Å²) in [5, 5.41) is 3.67. The smallest absolute Gasteiger partial charge is 0.360 e. The molecule has 0 spiro atoms. The third-order valence-corrected chi connectivity index (χ3v) is 5.33. The zero-order valence-corrected chi connectivity index (χ0v) is 16.8. The zero-order chi connectivity index (χ0) is 21.0. The van der Waals surface area contributed by atoms with E-state index >= 15 is 0 Å². The number of anilines is 1. The van der Waals surface area contributed by atoms with Crippen LogP contribution in [-0.4, -0.2) is 38.2 Å². The van der Waals surface area contributed by atoms with Gasteiger partial charge in [0.15, 0.2) is 11.5 Å². The van der Waals surface area contributed by atoms with Gasteiger partial charge in [-0.15, -0.1) is 0 Å². The summed E-state index contributed by atoms with van der Waals surface area (Å²) in [7, 11) is -2.65. The van der Waals surface area contributed by atoms with E-state index in [1.807, 2.05) is 0 Å². The number of hydrogen-bond donors (Lipinski definition) is 1. The Hall–Kier alpha value is -3.40. The fraction of sp³-hybridized carbons (Fsp3) is 0.211. The van der Waals surface area contributed by atoms with Gasteiger partial charge in [0.25, 0.3) is 10.0 Å². The van der Waals surface area contributed by atoms with Crippen molar-refractivity contribution in [3.63, 3.8) is 0 Å². The highest BCUT2D eigenvalue weighted by Gasteiger charge is 2.23. The summed E-state index contributed by atoms with van der Waals surface area (Å²) in [6.07, 6.45) is 1.49. The Morgan fingerprint density at radius 1 is 1.24 bits per heavy atom. The number of aromatic nitrogens is 2. The average molecular weight is 417 g/mol. The molecule has 29 heavy (non-hydrogen) atoms. The van der Waals surface area contributed by atoms with Gasteiger partial charge in [-0.25, -0.2) is 18.2 Å². The van der Waals surface area contributed by atoms with Crippen molar-refractivity contribution in [2.75, 3.05) is 18.4 Å². The second kappa shape index (κ2) is 8.31. The Balaban J connectivity index is 1.99. The highest BCUT2D eigenvalue weighted by Crippen LogP contribution is 2.31. The molecule has 0 saturated carbocycles. The van der Waals surface area contributed by atoms with Crippen LogP contribution in [0.25, 0.3) is 11.3 Å². The molecule has 2 aromatic heterocycles. The molecule has 0 aliphatic heterocycles. The van der Waals surface area contributed by atoms with E-state index in [2.05, 4.69) is 14.9 Å². The van der Waals surface area contributed by atoms with Crippen LogP contribution in [0.4, 0.5) is 5.82 Å². The van der Waals surface area contributed by atoms with Crippen LogP contribution in [0.5, 0.6) is 5.75 Å². The first-order valence-electron chi connectivity index (χ1n) is 8.62. The van der Waals surface area contributed by atoms with Crippen LogP contribution >= 0.6 is 0 Å². The van der Waals surface area contributed by atoms with Crippen molar-refractivity contribution in [1.29, 1.82) is 0 Å². The summed E-state index contributed by atoms with van der Waals surface area (Å²) < 4.78 is 43.6. The minimum absolute atomic E-state index is 0.00990. The summed E-state index contributed by atoms with van der Waals surface area (Å²) >= 11 is 0. The minimum Gasteiger partial charge on any atom is -0.495 e. The molecule has 0 radical (unpaired) electrons. The predicted molar refractivity (Wildman–Crippen MR) is 104 cm³/mol. The molecular weight excluding hydrogens is 398 g/mol. The predicted octanol–water partition coefficient (Wildman–Crippen LogP) is 3.03. The van der Waals surface area contributed by atoms with E-state index in [1.54, 1.807) is 32.0 Å². The van der Waals surface area contributed by atoms with Crippen molar-refractivity contribution in [2.45, 2.75) is 18.7 Å². The Bertz CT molecular complexity index is 1140. The number of pyridine rings is 1. The molecule has 0 fully saturated rings. The van der Waals surface area contributed by atoms with Crippen molar-refractivity contribution in [3.05, 3.63) is 53.9 Å². The third-order valence-electron chi connectivity index (χ3n) is 3.97. The number of methoxy groups -OCH3 is 1. The molecule has 0 amide bonds. The van der Waals surface area contributed by atoms with Crippen LogP contribution < -0.4 is 9.46 Å². The Morgan fingerprint density at radius 3 is 2.72 bits per heavy atom. The van der Waals surface area contributed by atoms with E-state index < -0.39 is 16.0 Å². The highest BCUT2D eigenvalue weighted by molar-refractivity contribution is 7.92. The third kappa shape index (κ3) is 4.37. The van der Waals surface area contributed by atoms with E-state index in [1.165, 1.54) is 31.5 Å². The maximum absolute atomic E-state index is 13.0. The number of ether oxygens (including phenoxy) is 2. The van der Waals surface area contributed by atoms with Crippen LogP contribution in [0.3, 0.4) is 0 Å². The molecule has 152 valence electrons. The van der Waals surface area contributed by atoms with Gasteiger partial charge in [0.05, 0.1) is 13.7 Å². The number of benzene rings is 1. The maximum Gasteiger partial charge on any atom is 0.360 e. The van der Waals surface area contributed by atoms with Crippen molar-refractivity contribution in [3.8, 4) is 17.1 Å². The number of rotatable bonds is 7. The van der Waals surface area contributed by atoms with Gasteiger partial charge in [0, 0.05) is 17.8 Å². The molecule has 0 unspecified atom stereocenters. The molecular formula is C19H19N3O6S. The first-order valence-corrected chi connectivity index (χ1v) is 10.1. The van der Waals surface area contributed by atoms with Gasteiger partial charge in [0.1, 0.15) is 16.5 Å². The summed E-state index contributed by atoms with van der Waals surface area (Å²) in [6.45, 7) is 3.62. The first-order chi connectivity index (χ1) is 13.9. The van der Waals surface area contributed by atoms with E-state index in [0.717, 1.165) is 0 Å². The molecule has 3 aromatic rings. The monoisotopic (exact) mass is 417 g/mol. The zero-order valence-electron chi connectivity index (χ0n) is 16.0. The van der Waals surface area contributed by atoms with Crippen LogP contribution in [0, 0.1) is 6.92 Å². The maximum atomic E-state index is 13.0. The van der Waals surface area contributed by atoms with Crippen LogP contribution in [0.1, 0.15) is 23.0 Å². The Labute approximate surface area is 167 Å². The lowest BCUT2D eigenvalue weighted by molar-refractivity contribution is 0.0514. The standard InChI is InChI=1S/C19H19N3O6S/c1-4-27-19(23)14-11-16(28-21-14)13-7-8-15(26-3)17(10-13)29(24,25)22-18-12(2)6-5-9-20-18/h5-11H,4H2,1-3H3,(H,20,22). The van der Waals surface area contributed by atoms with Gasteiger partial charge in [-0.3, -0.25) is 4.72 Å². The van der Waals surface area contributed by atoms with Crippen molar-refractivity contribution in [1.82, 2.24) is 10.1 Å². The minimum atomic E-state index is -4.02. The molecule has 3 rings (SSSR count). The fourth-order valence-electron chi connectivity index (χ4n) is 2.53. The molecule has 1 aromatic carbocycles. The largest absolute Gasteiger partial charge is 0.495 e. The number of hydrogen-bond acceptors (Lipinski definition) is 8. The van der Waals surface area contributed by atoms with E-state index in [0.29, 0.717) is 11.1 Å². The average Bonchev–Trinajstić information content (AvgIpc) is 3.20. The molecule has 0 aliphatic carbocycles. The van der Waals surface area contributed by atoms with Gasteiger partial charge in [0.2, 0.25) is 0 Å². The highest BCUT2D eigenvalue weighted by atomic mass is 32.2. The molecule has 0 atom stereocenters. The van der Waals surface area contributed by atoms with Gasteiger partial charge < -0.3 is 14.0 Å². The molecule has 0 aliphatic rings. The van der Waals surface area contributed by atoms with E-state index in [9.17, 15) is 13.2 Å². The molecule has 0 saturated heterocycles. The summed E-state index contributed by atoms with van der Waals surface area (Å²) in [5.74, 6) is -0.0680. The molecule has 2 heterocycles. The quantitative estimate of drug-likeness (QED) is 0.582. The van der Waals surface area contributed by atoms with E-state index in [4.69, 9.17) is 14.0 Å². The van der Waals surface area contributed by atoms with Crippen LogP contribution in [0.2, 0.25) is 0 Å². The number of nitrogens with one attached hydrogen (secondary N) is 1. The first kappa shape index (κ1) is 20.3. The topological polar surface area (TPSA) is 121 Å². The number of carbonyl (C=O) groups is 1. The molecule has 9 nitrogen and oxygen atoms in total. The Kier molecular flexibility index (Phi) is 5.83.